The second kappa shape index (κ2) is 10.00. The van der Waals surface area contributed by atoms with Gasteiger partial charge in [-0.3, -0.25) is 13.9 Å². The lowest BCUT2D eigenvalue weighted by molar-refractivity contribution is -0.114. The molecule has 0 bridgehead atoms. The lowest BCUT2D eigenvalue weighted by atomic mass is 10.2. The molecule has 4 rings (SSSR count). The van der Waals surface area contributed by atoms with Crippen LogP contribution >= 0.6 is 11.3 Å². The molecule has 36 heavy (non-hydrogen) atoms. The SMILES string of the molecule is COc1ccc(C)cc1S(=O)(=O)N(C)c1ccc2sc(C(=O)Nc3ccc(NC(C)=O)cc3)cc2c1. The predicted molar refractivity (Wildman–Crippen MR) is 144 cm³/mol. The summed E-state index contributed by atoms with van der Waals surface area (Å²) in [7, 11) is -0.957. The first kappa shape index (κ1) is 25.2. The van der Waals surface area contributed by atoms with E-state index in [0.29, 0.717) is 21.9 Å². The number of anilines is 3. The summed E-state index contributed by atoms with van der Waals surface area (Å²) in [6.45, 7) is 3.25. The first-order valence-electron chi connectivity index (χ1n) is 10.9. The second-order valence-electron chi connectivity index (χ2n) is 8.17. The molecule has 0 saturated carbocycles. The van der Waals surface area contributed by atoms with Crippen molar-refractivity contribution in [2.75, 3.05) is 29.1 Å². The molecule has 0 saturated heterocycles. The number of aryl methyl sites for hydroxylation is 1. The van der Waals surface area contributed by atoms with Crippen molar-refractivity contribution >= 4 is 60.3 Å². The molecule has 2 amide bonds. The number of benzene rings is 3. The van der Waals surface area contributed by atoms with Crippen LogP contribution in [0.25, 0.3) is 10.1 Å². The van der Waals surface area contributed by atoms with E-state index in [1.54, 1.807) is 66.7 Å². The van der Waals surface area contributed by atoms with Gasteiger partial charge in [-0.05, 0) is 78.5 Å². The van der Waals surface area contributed by atoms with E-state index in [-0.39, 0.29) is 22.5 Å². The Hall–Kier alpha value is -3.89. The molecule has 0 aliphatic rings. The van der Waals surface area contributed by atoms with Gasteiger partial charge in [0.25, 0.3) is 15.9 Å². The highest BCUT2D eigenvalue weighted by atomic mass is 32.2. The van der Waals surface area contributed by atoms with E-state index < -0.39 is 10.0 Å². The standard InChI is InChI=1S/C26H25N3O5S2/c1-16-5-11-22(34-4)25(13-16)36(32,33)29(3)21-10-12-23-18(14-21)15-24(35-23)26(31)28-20-8-6-19(7-9-20)27-17(2)30/h5-15H,1-4H3,(H,27,30)(H,28,31). The van der Waals surface area contributed by atoms with Gasteiger partial charge in [0, 0.05) is 30.0 Å². The smallest absolute Gasteiger partial charge is 0.267 e. The molecule has 3 aromatic carbocycles. The zero-order valence-electron chi connectivity index (χ0n) is 20.2. The van der Waals surface area contributed by atoms with E-state index in [1.165, 1.54) is 36.7 Å². The van der Waals surface area contributed by atoms with Crippen LogP contribution in [0.3, 0.4) is 0 Å². The predicted octanol–water partition coefficient (Wildman–Crippen LogP) is 5.25. The first-order valence-corrected chi connectivity index (χ1v) is 13.2. The fourth-order valence-electron chi connectivity index (χ4n) is 3.64. The number of thiophene rings is 1. The largest absolute Gasteiger partial charge is 0.495 e. The number of hydrogen-bond donors (Lipinski definition) is 2. The number of sulfonamides is 1. The van der Waals surface area contributed by atoms with Crippen molar-refractivity contribution in [2.45, 2.75) is 18.7 Å². The Bertz CT molecular complexity index is 1560. The molecular formula is C26H25N3O5S2. The van der Waals surface area contributed by atoms with E-state index >= 15 is 0 Å². The van der Waals surface area contributed by atoms with Crippen LogP contribution in [0, 0.1) is 6.92 Å². The molecule has 0 aliphatic carbocycles. The Balaban J connectivity index is 1.57. The van der Waals surface area contributed by atoms with Crippen LogP contribution in [0.4, 0.5) is 17.1 Å². The van der Waals surface area contributed by atoms with Gasteiger partial charge in [0.2, 0.25) is 5.91 Å². The summed E-state index contributed by atoms with van der Waals surface area (Å²) in [6, 6.07) is 18.8. The Kier molecular flexibility index (Phi) is 7.00. The number of amides is 2. The van der Waals surface area contributed by atoms with Gasteiger partial charge in [0.15, 0.2) is 0 Å². The summed E-state index contributed by atoms with van der Waals surface area (Å²) in [6.07, 6.45) is 0. The Labute approximate surface area is 213 Å². The summed E-state index contributed by atoms with van der Waals surface area (Å²) in [5.41, 5.74) is 2.49. The molecule has 0 spiro atoms. The van der Waals surface area contributed by atoms with Crippen molar-refractivity contribution in [3.63, 3.8) is 0 Å². The quantitative estimate of drug-likeness (QED) is 0.344. The van der Waals surface area contributed by atoms with Crippen molar-refractivity contribution in [1.82, 2.24) is 0 Å². The molecule has 0 unspecified atom stereocenters. The summed E-state index contributed by atoms with van der Waals surface area (Å²) in [5.74, 6) is -0.184. The Morgan fingerprint density at radius 1 is 0.917 bits per heavy atom. The first-order chi connectivity index (χ1) is 17.1. The number of carbonyl (C=O) groups is 2. The molecule has 186 valence electrons. The van der Waals surface area contributed by atoms with Gasteiger partial charge in [0.1, 0.15) is 10.6 Å². The molecule has 0 radical (unpaired) electrons. The second-order valence-corrected chi connectivity index (χ2v) is 11.2. The van der Waals surface area contributed by atoms with Crippen LogP contribution < -0.4 is 19.7 Å². The zero-order valence-corrected chi connectivity index (χ0v) is 21.8. The van der Waals surface area contributed by atoms with Crippen molar-refractivity contribution in [1.29, 1.82) is 0 Å². The van der Waals surface area contributed by atoms with Gasteiger partial charge in [-0.15, -0.1) is 11.3 Å². The van der Waals surface area contributed by atoms with Crippen molar-refractivity contribution in [3.05, 3.63) is 77.2 Å². The van der Waals surface area contributed by atoms with Crippen LogP contribution in [0.5, 0.6) is 5.75 Å². The third-order valence-electron chi connectivity index (χ3n) is 5.51. The highest BCUT2D eigenvalue weighted by molar-refractivity contribution is 7.93. The molecule has 2 N–H and O–H groups in total. The molecule has 0 atom stereocenters. The maximum atomic E-state index is 13.4. The lowest BCUT2D eigenvalue weighted by Crippen LogP contribution is -2.27. The number of nitrogens with zero attached hydrogens (tertiary/aromatic N) is 1. The summed E-state index contributed by atoms with van der Waals surface area (Å²) < 4.78 is 34.1. The van der Waals surface area contributed by atoms with E-state index in [9.17, 15) is 18.0 Å². The molecule has 0 fully saturated rings. The van der Waals surface area contributed by atoms with Crippen molar-refractivity contribution in [3.8, 4) is 5.75 Å². The lowest BCUT2D eigenvalue weighted by Gasteiger charge is -2.21. The topological polar surface area (TPSA) is 105 Å². The fourth-order valence-corrected chi connectivity index (χ4v) is 6.01. The van der Waals surface area contributed by atoms with E-state index in [2.05, 4.69) is 10.6 Å². The fraction of sp³-hybridized carbons (Fsp3) is 0.154. The van der Waals surface area contributed by atoms with Crippen LogP contribution in [-0.2, 0) is 14.8 Å². The van der Waals surface area contributed by atoms with E-state index in [0.717, 1.165) is 15.6 Å². The number of fused-ring (bicyclic) bond motifs is 1. The number of nitrogens with one attached hydrogen (secondary N) is 2. The van der Waals surface area contributed by atoms with Gasteiger partial charge in [-0.25, -0.2) is 8.42 Å². The number of rotatable bonds is 7. The van der Waals surface area contributed by atoms with Gasteiger partial charge in [-0.1, -0.05) is 6.07 Å². The Morgan fingerprint density at radius 3 is 2.22 bits per heavy atom. The van der Waals surface area contributed by atoms with Gasteiger partial charge in [-0.2, -0.15) is 0 Å². The molecule has 10 heteroatoms. The summed E-state index contributed by atoms with van der Waals surface area (Å²) >= 11 is 1.31. The van der Waals surface area contributed by atoms with Gasteiger partial charge < -0.3 is 15.4 Å². The monoisotopic (exact) mass is 523 g/mol. The zero-order chi connectivity index (χ0) is 26.0. The summed E-state index contributed by atoms with van der Waals surface area (Å²) in [4.78, 5) is 24.6. The molecule has 4 aromatic rings. The number of hydrogen-bond acceptors (Lipinski definition) is 6. The third kappa shape index (κ3) is 5.19. The Morgan fingerprint density at radius 2 is 1.58 bits per heavy atom. The number of ether oxygens (including phenoxy) is 1. The molecular weight excluding hydrogens is 498 g/mol. The minimum Gasteiger partial charge on any atom is -0.495 e. The maximum Gasteiger partial charge on any atom is 0.267 e. The minimum absolute atomic E-state index is 0.0857. The van der Waals surface area contributed by atoms with E-state index in [1.807, 2.05) is 6.92 Å². The van der Waals surface area contributed by atoms with Crippen molar-refractivity contribution in [2.24, 2.45) is 0 Å². The van der Waals surface area contributed by atoms with Crippen molar-refractivity contribution < 1.29 is 22.7 Å². The van der Waals surface area contributed by atoms with Crippen LogP contribution in [0.1, 0.15) is 22.2 Å². The van der Waals surface area contributed by atoms with Gasteiger partial charge >= 0.3 is 0 Å². The van der Waals surface area contributed by atoms with E-state index in [4.69, 9.17) is 4.74 Å². The molecule has 8 nitrogen and oxygen atoms in total. The third-order valence-corrected chi connectivity index (χ3v) is 8.43. The maximum absolute atomic E-state index is 13.4. The molecule has 1 heterocycles. The minimum atomic E-state index is -3.88. The molecule has 0 aliphatic heterocycles. The average molecular weight is 524 g/mol. The average Bonchev–Trinajstić information content (AvgIpc) is 3.28. The number of methoxy groups -OCH3 is 1. The van der Waals surface area contributed by atoms with Crippen LogP contribution in [0.2, 0.25) is 0 Å². The normalized spacial score (nSPS) is 11.2. The number of carbonyl (C=O) groups excluding carboxylic acids is 2. The highest BCUT2D eigenvalue weighted by Crippen LogP contribution is 2.34. The summed E-state index contributed by atoms with van der Waals surface area (Å²) in [5, 5.41) is 6.27. The van der Waals surface area contributed by atoms with Crippen LogP contribution in [-0.4, -0.2) is 34.4 Å². The van der Waals surface area contributed by atoms with Gasteiger partial charge in [0.05, 0.1) is 17.7 Å². The van der Waals surface area contributed by atoms with Crippen LogP contribution in [0.15, 0.2) is 71.6 Å². The highest BCUT2D eigenvalue weighted by Gasteiger charge is 2.26. The molecule has 1 aromatic heterocycles.